The lowest BCUT2D eigenvalue weighted by Crippen LogP contribution is -2.60. The summed E-state index contributed by atoms with van der Waals surface area (Å²) in [6, 6.07) is 1.94. The van der Waals surface area contributed by atoms with Gasteiger partial charge in [-0.15, -0.1) is 0 Å². The first-order valence-electron chi connectivity index (χ1n) is 4.21. The van der Waals surface area contributed by atoms with Crippen molar-refractivity contribution < 1.29 is 5.11 Å². The fourth-order valence-corrected chi connectivity index (χ4v) is 2.01. The predicted octanol–water partition coefficient (Wildman–Crippen LogP) is 0.0594. The van der Waals surface area contributed by atoms with Gasteiger partial charge in [0.25, 0.3) is 0 Å². The first-order chi connectivity index (χ1) is 6.09. The number of nitrogens with zero attached hydrogens (tertiary/aromatic N) is 2. The molecule has 0 aromatic carbocycles. The van der Waals surface area contributed by atoms with Crippen LogP contribution in [-0.2, 0) is 13.5 Å². The fraction of sp³-hybridized carbons (Fsp3) is 0.625. The van der Waals surface area contributed by atoms with Gasteiger partial charge in [-0.25, -0.2) is 0 Å². The molecular weight excluding hydrogens is 234 g/mol. The van der Waals surface area contributed by atoms with E-state index in [1.165, 1.54) is 0 Å². The summed E-state index contributed by atoms with van der Waals surface area (Å²) < 4.78 is 2.61. The Labute approximate surface area is 85.1 Å². The molecule has 1 aliphatic heterocycles. The Morgan fingerprint density at radius 1 is 1.77 bits per heavy atom. The molecule has 0 radical (unpaired) electrons. The molecule has 0 amide bonds. The quantitative estimate of drug-likeness (QED) is 0.775. The maximum atomic E-state index is 9.88. The van der Waals surface area contributed by atoms with Crippen molar-refractivity contribution in [2.45, 2.75) is 12.0 Å². The topological polar surface area (TPSA) is 50.1 Å². The Morgan fingerprint density at radius 3 is 2.85 bits per heavy atom. The number of hydrogen-bond donors (Lipinski definition) is 2. The van der Waals surface area contributed by atoms with Crippen LogP contribution in [0.4, 0.5) is 0 Å². The highest BCUT2D eigenvalue weighted by Crippen LogP contribution is 2.19. The van der Waals surface area contributed by atoms with E-state index in [0.29, 0.717) is 19.5 Å². The first kappa shape index (κ1) is 9.18. The summed E-state index contributed by atoms with van der Waals surface area (Å²) in [6.07, 6.45) is 0.662. The summed E-state index contributed by atoms with van der Waals surface area (Å²) in [5, 5.41) is 17.1. The van der Waals surface area contributed by atoms with Crippen molar-refractivity contribution in [1.82, 2.24) is 15.1 Å². The van der Waals surface area contributed by atoms with Gasteiger partial charge in [-0.3, -0.25) is 4.68 Å². The van der Waals surface area contributed by atoms with Crippen LogP contribution in [0.3, 0.4) is 0 Å². The van der Waals surface area contributed by atoms with Gasteiger partial charge in [-0.05, 0) is 22.0 Å². The minimum atomic E-state index is -0.562. The van der Waals surface area contributed by atoms with Crippen molar-refractivity contribution in [2.24, 2.45) is 7.05 Å². The molecule has 0 aliphatic carbocycles. The van der Waals surface area contributed by atoms with Crippen LogP contribution in [-0.4, -0.2) is 33.6 Å². The first-order valence-corrected chi connectivity index (χ1v) is 5.00. The van der Waals surface area contributed by atoms with Crippen LogP contribution in [0.5, 0.6) is 0 Å². The van der Waals surface area contributed by atoms with E-state index in [1.54, 1.807) is 4.68 Å². The third-order valence-electron chi connectivity index (χ3n) is 2.37. The zero-order chi connectivity index (χ0) is 9.47. The highest BCUT2D eigenvalue weighted by molar-refractivity contribution is 9.10. The van der Waals surface area contributed by atoms with Crippen molar-refractivity contribution in [3.8, 4) is 0 Å². The molecule has 0 bridgehead atoms. The molecule has 4 nitrogen and oxygen atoms in total. The van der Waals surface area contributed by atoms with Crippen molar-refractivity contribution in [3.05, 3.63) is 16.4 Å². The third kappa shape index (κ3) is 1.77. The zero-order valence-corrected chi connectivity index (χ0v) is 9.00. The standard InChI is InChI=1S/C8H12BrN3O/c1-12-6(2-7(9)11-12)3-8(13)4-10-5-8/h2,10,13H,3-5H2,1H3. The van der Waals surface area contributed by atoms with Gasteiger partial charge in [0.1, 0.15) is 4.60 Å². The van der Waals surface area contributed by atoms with Crippen molar-refractivity contribution >= 4 is 15.9 Å². The van der Waals surface area contributed by atoms with Crippen molar-refractivity contribution in [2.75, 3.05) is 13.1 Å². The van der Waals surface area contributed by atoms with Gasteiger partial charge in [0, 0.05) is 32.3 Å². The van der Waals surface area contributed by atoms with Gasteiger partial charge < -0.3 is 10.4 Å². The molecule has 1 fully saturated rings. The SMILES string of the molecule is Cn1nc(Br)cc1CC1(O)CNC1. The maximum absolute atomic E-state index is 9.88. The Hall–Kier alpha value is -0.390. The molecule has 0 spiro atoms. The van der Waals surface area contributed by atoms with Gasteiger partial charge in [0.15, 0.2) is 0 Å². The zero-order valence-electron chi connectivity index (χ0n) is 7.42. The summed E-state index contributed by atoms with van der Waals surface area (Å²) in [5.41, 5.74) is 0.489. The molecule has 2 rings (SSSR count). The average molecular weight is 246 g/mol. The Bertz CT molecular complexity index is 319. The van der Waals surface area contributed by atoms with Crippen molar-refractivity contribution in [3.63, 3.8) is 0 Å². The van der Waals surface area contributed by atoms with Crippen LogP contribution in [0.2, 0.25) is 0 Å². The van der Waals surface area contributed by atoms with E-state index < -0.39 is 5.60 Å². The van der Waals surface area contributed by atoms with Gasteiger partial charge in [0.05, 0.1) is 5.60 Å². The van der Waals surface area contributed by atoms with E-state index in [9.17, 15) is 5.11 Å². The lowest BCUT2D eigenvalue weighted by Gasteiger charge is -2.37. The number of rotatable bonds is 2. The monoisotopic (exact) mass is 245 g/mol. The highest BCUT2D eigenvalue weighted by Gasteiger charge is 2.35. The summed E-state index contributed by atoms with van der Waals surface area (Å²) in [5.74, 6) is 0. The second kappa shape index (κ2) is 3.08. The lowest BCUT2D eigenvalue weighted by molar-refractivity contribution is -0.0105. The molecule has 0 atom stereocenters. The molecule has 1 saturated heterocycles. The van der Waals surface area contributed by atoms with Crippen LogP contribution in [0, 0.1) is 0 Å². The Balaban J connectivity index is 2.12. The van der Waals surface area contributed by atoms with E-state index >= 15 is 0 Å². The molecule has 13 heavy (non-hydrogen) atoms. The third-order valence-corrected chi connectivity index (χ3v) is 2.75. The van der Waals surface area contributed by atoms with Crippen LogP contribution < -0.4 is 5.32 Å². The van der Waals surface area contributed by atoms with E-state index in [0.717, 1.165) is 10.3 Å². The second-order valence-corrected chi connectivity index (χ2v) is 4.40. The minimum absolute atomic E-state index is 0.562. The number of halogens is 1. The van der Waals surface area contributed by atoms with Crippen LogP contribution >= 0.6 is 15.9 Å². The fourth-order valence-electron chi connectivity index (χ4n) is 1.51. The molecule has 0 unspecified atom stereocenters. The molecule has 5 heteroatoms. The summed E-state index contributed by atoms with van der Waals surface area (Å²) in [6.45, 7) is 1.35. The number of aromatic nitrogens is 2. The van der Waals surface area contributed by atoms with E-state index in [-0.39, 0.29) is 0 Å². The van der Waals surface area contributed by atoms with Crippen LogP contribution in [0.25, 0.3) is 0 Å². The number of hydrogen-bond acceptors (Lipinski definition) is 3. The van der Waals surface area contributed by atoms with Crippen LogP contribution in [0.1, 0.15) is 5.69 Å². The maximum Gasteiger partial charge on any atom is 0.128 e. The van der Waals surface area contributed by atoms with Gasteiger partial charge >= 0.3 is 0 Å². The second-order valence-electron chi connectivity index (χ2n) is 3.59. The van der Waals surface area contributed by atoms with Crippen LogP contribution in [0.15, 0.2) is 10.7 Å². The number of β-amino-alcohol motifs (C(OH)–C–C–N with tert-alkyl or cyclic N) is 1. The number of nitrogens with one attached hydrogen (secondary N) is 1. The number of aryl methyl sites for hydroxylation is 1. The highest BCUT2D eigenvalue weighted by atomic mass is 79.9. The molecule has 1 aliphatic rings. The molecule has 1 aromatic rings. The minimum Gasteiger partial charge on any atom is -0.387 e. The largest absolute Gasteiger partial charge is 0.387 e. The van der Waals surface area contributed by atoms with Gasteiger partial charge in [-0.1, -0.05) is 0 Å². The van der Waals surface area contributed by atoms with Gasteiger partial charge in [-0.2, -0.15) is 5.10 Å². The van der Waals surface area contributed by atoms with Gasteiger partial charge in [0.2, 0.25) is 0 Å². The molecule has 72 valence electrons. The summed E-state index contributed by atoms with van der Waals surface area (Å²) >= 11 is 3.30. The Morgan fingerprint density at radius 2 is 2.46 bits per heavy atom. The Kier molecular flexibility index (Phi) is 2.17. The predicted molar refractivity (Wildman–Crippen MR) is 52.4 cm³/mol. The lowest BCUT2D eigenvalue weighted by atomic mass is 9.91. The van der Waals surface area contributed by atoms with E-state index in [2.05, 4.69) is 26.3 Å². The molecule has 2 heterocycles. The summed E-state index contributed by atoms with van der Waals surface area (Å²) in [4.78, 5) is 0. The van der Waals surface area contributed by atoms with E-state index in [4.69, 9.17) is 0 Å². The molecular formula is C8H12BrN3O. The van der Waals surface area contributed by atoms with E-state index in [1.807, 2.05) is 13.1 Å². The number of aliphatic hydroxyl groups is 1. The normalized spacial score (nSPS) is 19.9. The smallest absolute Gasteiger partial charge is 0.128 e. The molecule has 0 saturated carbocycles. The molecule has 2 N–H and O–H groups in total. The average Bonchev–Trinajstić information content (AvgIpc) is 2.27. The summed E-state index contributed by atoms with van der Waals surface area (Å²) in [7, 11) is 1.88. The van der Waals surface area contributed by atoms with Crippen molar-refractivity contribution in [1.29, 1.82) is 0 Å². The molecule has 1 aromatic heterocycles.